The quantitative estimate of drug-likeness (QED) is 0.509. The van der Waals surface area contributed by atoms with Crippen LogP contribution in [0, 0.1) is 17.5 Å². The lowest BCUT2D eigenvalue weighted by atomic mass is 10.1. The third-order valence-electron chi connectivity index (χ3n) is 4.39. The summed E-state index contributed by atoms with van der Waals surface area (Å²) >= 11 is 0. The highest BCUT2D eigenvalue weighted by Crippen LogP contribution is 2.31. The molecule has 0 aliphatic heterocycles. The minimum absolute atomic E-state index is 0.233. The summed E-state index contributed by atoms with van der Waals surface area (Å²) in [6.45, 7) is 0. The number of nitrogens with one attached hydrogen (secondary N) is 1. The number of pyridine rings is 1. The van der Waals surface area contributed by atoms with E-state index in [1.54, 1.807) is 18.2 Å². The molecule has 2 aromatic carbocycles. The van der Waals surface area contributed by atoms with Crippen molar-refractivity contribution in [2.24, 2.45) is 0 Å². The number of methoxy groups -OCH3 is 1. The Morgan fingerprint density at radius 2 is 1.90 bits per heavy atom. The number of hydrogen-bond acceptors (Lipinski definition) is 3. The van der Waals surface area contributed by atoms with Crippen LogP contribution in [-0.2, 0) is 0 Å². The number of halogens is 3. The summed E-state index contributed by atoms with van der Waals surface area (Å²) in [5.41, 5.74) is 1.68. The van der Waals surface area contributed by atoms with Crippen LogP contribution in [0.15, 0.2) is 60.9 Å². The lowest BCUT2D eigenvalue weighted by Crippen LogP contribution is -2.15. The standard InChI is InChI=1S/C21H14F3N3O2/c1-29-17-8-5-12(16-11-27-9-3-2-4-18(27)25-16)10-15(17)26-21(28)13-6-7-14(22)20(24)19(13)23/h2-11H,1H3,(H,26,28). The first-order chi connectivity index (χ1) is 14.0. The van der Waals surface area contributed by atoms with Crippen molar-refractivity contribution in [2.45, 2.75) is 0 Å². The maximum absolute atomic E-state index is 13.9. The van der Waals surface area contributed by atoms with Crippen LogP contribution in [0.3, 0.4) is 0 Å². The Hall–Kier alpha value is -3.81. The Kier molecular flexibility index (Phi) is 4.67. The predicted molar refractivity (Wildman–Crippen MR) is 101 cm³/mol. The third kappa shape index (κ3) is 3.40. The van der Waals surface area contributed by atoms with Gasteiger partial charge >= 0.3 is 0 Å². The number of amides is 1. The zero-order chi connectivity index (χ0) is 20.5. The van der Waals surface area contributed by atoms with Crippen LogP contribution in [-0.4, -0.2) is 22.4 Å². The van der Waals surface area contributed by atoms with E-state index in [0.717, 1.165) is 11.7 Å². The first-order valence-electron chi connectivity index (χ1n) is 8.55. The second kappa shape index (κ2) is 7.31. The number of aromatic nitrogens is 2. The second-order valence-corrected chi connectivity index (χ2v) is 6.18. The van der Waals surface area contributed by atoms with Gasteiger partial charge in [0, 0.05) is 18.0 Å². The van der Waals surface area contributed by atoms with Gasteiger partial charge in [-0.3, -0.25) is 4.79 Å². The molecule has 5 nitrogen and oxygen atoms in total. The zero-order valence-corrected chi connectivity index (χ0v) is 15.1. The van der Waals surface area contributed by atoms with Crippen LogP contribution in [0.4, 0.5) is 18.9 Å². The smallest absolute Gasteiger partial charge is 0.258 e. The summed E-state index contributed by atoms with van der Waals surface area (Å²) in [7, 11) is 1.41. The molecular formula is C21H14F3N3O2. The van der Waals surface area contributed by atoms with Gasteiger partial charge in [0.2, 0.25) is 0 Å². The lowest BCUT2D eigenvalue weighted by molar-refractivity contribution is 0.102. The van der Waals surface area contributed by atoms with E-state index in [1.165, 1.54) is 7.11 Å². The molecule has 4 aromatic rings. The minimum atomic E-state index is -1.71. The van der Waals surface area contributed by atoms with Crippen molar-refractivity contribution in [1.29, 1.82) is 0 Å². The van der Waals surface area contributed by atoms with Gasteiger partial charge in [0.15, 0.2) is 17.5 Å². The Labute approximate surface area is 163 Å². The zero-order valence-electron chi connectivity index (χ0n) is 15.1. The Morgan fingerprint density at radius 3 is 2.66 bits per heavy atom. The molecule has 1 N–H and O–H groups in total. The van der Waals surface area contributed by atoms with Gasteiger partial charge in [0.05, 0.1) is 24.1 Å². The molecule has 8 heteroatoms. The number of carbonyl (C=O) groups excluding carboxylic acids is 1. The van der Waals surface area contributed by atoms with Gasteiger partial charge in [-0.1, -0.05) is 6.07 Å². The fourth-order valence-electron chi connectivity index (χ4n) is 2.93. The van der Waals surface area contributed by atoms with Gasteiger partial charge < -0.3 is 14.5 Å². The van der Waals surface area contributed by atoms with Gasteiger partial charge in [-0.2, -0.15) is 0 Å². The number of anilines is 1. The Bertz CT molecular complexity index is 1200. The van der Waals surface area contributed by atoms with Crippen molar-refractivity contribution in [3.8, 4) is 17.0 Å². The Balaban J connectivity index is 1.70. The molecule has 0 unspecified atom stereocenters. The van der Waals surface area contributed by atoms with Gasteiger partial charge in [-0.05, 0) is 42.5 Å². The molecular weight excluding hydrogens is 383 g/mol. The molecule has 0 saturated heterocycles. The summed E-state index contributed by atoms with van der Waals surface area (Å²) in [5.74, 6) is -5.26. The number of hydrogen-bond donors (Lipinski definition) is 1. The molecule has 0 aliphatic rings. The fraction of sp³-hybridized carbons (Fsp3) is 0.0476. The molecule has 2 aromatic heterocycles. The first kappa shape index (κ1) is 18.5. The molecule has 0 atom stereocenters. The number of nitrogens with zero attached hydrogens (tertiary/aromatic N) is 2. The first-order valence-corrected chi connectivity index (χ1v) is 8.55. The number of ether oxygens (including phenoxy) is 1. The number of carbonyl (C=O) groups is 1. The van der Waals surface area contributed by atoms with E-state index >= 15 is 0 Å². The van der Waals surface area contributed by atoms with Crippen LogP contribution in [0.1, 0.15) is 10.4 Å². The SMILES string of the molecule is COc1ccc(-c2cn3ccccc3n2)cc1NC(=O)c1ccc(F)c(F)c1F. The van der Waals surface area contributed by atoms with E-state index in [9.17, 15) is 18.0 Å². The largest absolute Gasteiger partial charge is 0.495 e. The van der Waals surface area contributed by atoms with Crippen molar-refractivity contribution in [1.82, 2.24) is 9.38 Å². The summed E-state index contributed by atoms with van der Waals surface area (Å²) in [6.07, 6.45) is 3.67. The van der Waals surface area contributed by atoms with Gasteiger partial charge in [0.1, 0.15) is 11.4 Å². The van der Waals surface area contributed by atoms with Crippen molar-refractivity contribution in [3.63, 3.8) is 0 Å². The second-order valence-electron chi connectivity index (χ2n) is 6.18. The number of rotatable bonds is 4. The highest BCUT2D eigenvalue weighted by Gasteiger charge is 2.20. The van der Waals surface area contributed by atoms with Crippen LogP contribution in [0.5, 0.6) is 5.75 Å². The van der Waals surface area contributed by atoms with Crippen molar-refractivity contribution in [2.75, 3.05) is 12.4 Å². The molecule has 1 amide bonds. The number of fused-ring (bicyclic) bond motifs is 1. The molecule has 146 valence electrons. The minimum Gasteiger partial charge on any atom is -0.495 e. The number of benzene rings is 2. The van der Waals surface area contributed by atoms with Crippen LogP contribution in [0.25, 0.3) is 16.9 Å². The van der Waals surface area contributed by atoms with E-state index < -0.39 is 28.9 Å². The molecule has 29 heavy (non-hydrogen) atoms. The van der Waals surface area contributed by atoms with E-state index in [4.69, 9.17) is 4.74 Å². The lowest BCUT2D eigenvalue weighted by Gasteiger charge is -2.12. The van der Waals surface area contributed by atoms with Gasteiger partial charge in [-0.15, -0.1) is 0 Å². The van der Waals surface area contributed by atoms with Crippen LogP contribution >= 0.6 is 0 Å². The summed E-state index contributed by atoms with van der Waals surface area (Å²) in [6, 6.07) is 12.1. The molecule has 0 spiro atoms. The average molecular weight is 397 g/mol. The van der Waals surface area contributed by atoms with E-state index in [1.807, 2.05) is 35.0 Å². The van der Waals surface area contributed by atoms with E-state index in [2.05, 4.69) is 10.3 Å². The molecule has 4 rings (SSSR count). The molecule has 0 saturated carbocycles. The average Bonchev–Trinajstić information content (AvgIpc) is 3.16. The Morgan fingerprint density at radius 1 is 1.07 bits per heavy atom. The number of imidazole rings is 1. The van der Waals surface area contributed by atoms with Gasteiger partial charge in [-0.25, -0.2) is 18.2 Å². The van der Waals surface area contributed by atoms with Gasteiger partial charge in [0.25, 0.3) is 5.91 Å². The highest BCUT2D eigenvalue weighted by molar-refractivity contribution is 6.05. The highest BCUT2D eigenvalue weighted by atomic mass is 19.2. The normalized spacial score (nSPS) is 10.9. The topological polar surface area (TPSA) is 55.6 Å². The summed E-state index contributed by atoms with van der Waals surface area (Å²) < 4.78 is 47.6. The molecule has 0 aliphatic carbocycles. The molecule has 0 bridgehead atoms. The van der Waals surface area contributed by atoms with E-state index in [0.29, 0.717) is 23.1 Å². The molecule has 2 heterocycles. The monoisotopic (exact) mass is 397 g/mol. The maximum atomic E-state index is 13.9. The molecule has 0 fully saturated rings. The van der Waals surface area contributed by atoms with Crippen LogP contribution < -0.4 is 10.1 Å². The maximum Gasteiger partial charge on any atom is 0.258 e. The van der Waals surface area contributed by atoms with Crippen molar-refractivity contribution in [3.05, 3.63) is 83.9 Å². The summed E-state index contributed by atoms with van der Waals surface area (Å²) in [4.78, 5) is 17.0. The van der Waals surface area contributed by atoms with Crippen LogP contribution in [0.2, 0.25) is 0 Å². The van der Waals surface area contributed by atoms with E-state index in [-0.39, 0.29) is 5.69 Å². The third-order valence-corrected chi connectivity index (χ3v) is 4.39. The summed E-state index contributed by atoms with van der Waals surface area (Å²) in [5, 5.41) is 2.48. The predicted octanol–water partition coefficient (Wildman–Crippen LogP) is 4.68. The van der Waals surface area contributed by atoms with Crippen molar-refractivity contribution < 1.29 is 22.7 Å². The molecule has 0 radical (unpaired) electrons. The van der Waals surface area contributed by atoms with Crippen molar-refractivity contribution >= 4 is 17.2 Å². The fourth-order valence-corrected chi connectivity index (χ4v) is 2.93.